The van der Waals surface area contributed by atoms with Crippen LogP contribution < -0.4 is 19.5 Å². The van der Waals surface area contributed by atoms with Gasteiger partial charge in [0.2, 0.25) is 5.75 Å². The van der Waals surface area contributed by atoms with E-state index in [0.29, 0.717) is 29.5 Å². The Balaban J connectivity index is 1.88. The molecule has 3 aromatic rings. The van der Waals surface area contributed by atoms with Crippen LogP contribution in [0, 0.1) is 0 Å². The molecule has 0 spiro atoms. The van der Waals surface area contributed by atoms with E-state index in [4.69, 9.17) is 14.2 Å². The van der Waals surface area contributed by atoms with Crippen LogP contribution in [0.4, 0.5) is 0 Å². The second-order valence-electron chi connectivity index (χ2n) is 6.03. The molecule has 7 nitrogen and oxygen atoms in total. The molecule has 1 N–H and O–H groups in total. The highest BCUT2D eigenvalue weighted by Crippen LogP contribution is 2.44. The van der Waals surface area contributed by atoms with Crippen LogP contribution in [0.5, 0.6) is 17.2 Å². The third-order valence-corrected chi connectivity index (χ3v) is 4.50. The van der Waals surface area contributed by atoms with Crippen LogP contribution in [0.2, 0.25) is 0 Å². The summed E-state index contributed by atoms with van der Waals surface area (Å²) in [5.74, 6) is 1.43. The van der Waals surface area contributed by atoms with Crippen LogP contribution in [0.15, 0.2) is 36.7 Å². The van der Waals surface area contributed by atoms with E-state index in [1.165, 1.54) is 0 Å². The monoisotopic (exact) mass is 369 g/mol. The van der Waals surface area contributed by atoms with Crippen molar-refractivity contribution in [1.29, 1.82) is 0 Å². The predicted molar refractivity (Wildman–Crippen MR) is 103 cm³/mol. The maximum atomic E-state index is 12.7. The lowest BCUT2D eigenvalue weighted by Gasteiger charge is -2.14. The number of aryl methyl sites for hydroxylation is 1. The van der Waals surface area contributed by atoms with E-state index >= 15 is 0 Å². The number of nitrogens with one attached hydrogen (secondary N) is 1. The molecule has 2 aromatic heterocycles. The van der Waals surface area contributed by atoms with Gasteiger partial charge in [-0.05, 0) is 36.2 Å². The van der Waals surface area contributed by atoms with Crippen molar-refractivity contribution in [2.24, 2.45) is 7.05 Å². The number of benzene rings is 1. The van der Waals surface area contributed by atoms with Crippen molar-refractivity contribution in [3.63, 3.8) is 0 Å². The van der Waals surface area contributed by atoms with Crippen molar-refractivity contribution < 1.29 is 19.0 Å². The molecule has 1 amide bonds. The van der Waals surface area contributed by atoms with Gasteiger partial charge in [-0.1, -0.05) is 0 Å². The summed E-state index contributed by atoms with van der Waals surface area (Å²) in [6, 6.07) is 7.53. The highest BCUT2D eigenvalue weighted by Gasteiger charge is 2.22. The Morgan fingerprint density at radius 3 is 2.41 bits per heavy atom. The number of nitrogens with zero attached hydrogens (tertiary/aromatic N) is 2. The molecule has 0 fully saturated rings. The smallest absolute Gasteiger partial charge is 0.267 e. The number of rotatable bonds is 7. The highest BCUT2D eigenvalue weighted by atomic mass is 16.5. The normalized spacial score (nSPS) is 10.7. The van der Waals surface area contributed by atoms with Crippen LogP contribution in [0.1, 0.15) is 16.1 Å². The zero-order valence-corrected chi connectivity index (χ0v) is 15.9. The van der Waals surface area contributed by atoms with Crippen LogP contribution in [0.25, 0.3) is 10.9 Å². The van der Waals surface area contributed by atoms with E-state index in [1.54, 1.807) is 38.3 Å². The van der Waals surface area contributed by atoms with Gasteiger partial charge in [0.1, 0.15) is 5.69 Å². The van der Waals surface area contributed by atoms with E-state index < -0.39 is 0 Å². The SMILES string of the molecule is COc1cc2cc(C(=O)NCCc3ccncc3)n(C)c2c(OC)c1OC. The molecule has 1 aromatic carbocycles. The topological polar surface area (TPSA) is 74.6 Å². The molecule has 0 unspecified atom stereocenters. The molecule has 0 atom stereocenters. The molecule has 0 aliphatic carbocycles. The first kappa shape index (κ1) is 18.6. The summed E-state index contributed by atoms with van der Waals surface area (Å²) in [5, 5.41) is 3.80. The first-order valence-electron chi connectivity index (χ1n) is 8.56. The number of amides is 1. The van der Waals surface area contributed by atoms with Crippen LogP contribution >= 0.6 is 0 Å². The Bertz CT molecular complexity index is 951. The minimum absolute atomic E-state index is 0.150. The molecule has 27 heavy (non-hydrogen) atoms. The molecule has 0 bridgehead atoms. The number of ether oxygens (including phenoxy) is 3. The molecular formula is C20H23N3O4. The van der Waals surface area contributed by atoms with Gasteiger partial charge in [-0.3, -0.25) is 9.78 Å². The maximum Gasteiger partial charge on any atom is 0.267 e. The summed E-state index contributed by atoms with van der Waals surface area (Å²) in [7, 11) is 6.52. The van der Waals surface area contributed by atoms with Gasteiger partial charge in [0.15, 0.2) is 11.5 Å². The summed E-state index contributed by atoms with van der Waals surface area (Å²) in [6.07, 6.45) is 4.23. The minimum atomic E-state index is -0.150. The van der Waals surface area contributed by atoms with Crippen molar-refractivity contribution in [3.8, 4) is 17.2 Å². The molecule has 0 saturated heterocycles. The Morgan fingerprint density at radius 2 is 1.78 bits per heavy atom. The summed E-state index contributed by atoms with van der Waals surface area (Å²) in [4.78, 5) is 16.7. The van der Waals surface area contributed by atoms with E-state index in [-0.39, 0.29) is 5.91 Å². The maximum absolute atomic E-state index is 12.7. The van der Waals surface area contributed by atoms with Gasteiger partial charge in [0.05, 0.1) is 26.8 Å². The Labute approximate surface area is 157 Å². The summed E-state index contributed by atoms with van der Waals surface area (Å²) < 4.78 is 18.2. The van der Waals surface area contributed by atoms with Crippen LogP contribution in [-0.2, 0) is 13.5 Å². The molecule has 0 radical (unpaired) electrons. The number of hydrogen-bond acceptors (Lipinski definition) is 5. The fourth-order valence-electron chi connectivity index (χ4n) is 3.16. The van der Waals surface area contributed by atoms with E-state index in [2.05, 4.69) is 10.3 Å². The van der Waals surface area contributed by atoms with Gasteiger partial charge in [-0.2, -0.15) is 0 Å². The summed E-state index contributed by atoms with van der Waals surface area (Å²) >= 11 is 0. The molecule has 7 heteroatoms. The minimum Gasteiger partial charge on any atom is -0.493 e. The van der Waals surface area contributed by atoms with E-state index in [1.807, 2.05) is 31.3 Å². The number of aromatic nitrogens is 2. The third-order valence-electron chi connectivity index (χ3n) is 4.50. The zero-order chi connectivity index (χ0) is 19.4. The van der Waals surface area contributed by atoms with Crippen molar-refractivity contribution in [2.75, 3.05) is 27.9 Å². The van der Waals surface area contributed by atoms with E-state index in [0.717, 1.165) is 22.9 Å². The molecule has 2 heterocycles. The highest BCUT2D eigenvalue weighted by molar-refractivity contribution is 6.01. The van der Waals surface area contributed by atoms with Gasteiger partial charge in [0.25, 0.3) is 5.91 Å². The second-order valence-corrected chi connectivity index (χ2v) is 6.03. The Kier molecular flexibility index (Phi) is 5.49. The predicted octanol–water partition coefficient (Wildman–Crippen LogP) is 2.57. The molecule has 142 valence electrons. The average molecular weight is 369 g/mol. The first-order valence-corrected chi connectivity index (χ1v) is 8.56. The van der Waals surface area contributed by atoms with Gasteiger partial charge < -0.3 is 24.1 Å². The fourth-order valence-corrected chi connectivity index (χ4v) is 3.16. The van der Waals surface area contributed by atoms with Crippen molar-refractivity contribution >= 4 is 16.8 Å². The van der Waals surface area contributed by atoms with Crippen LogP contribution in [-0.4, -0.2) is 43.3 Å². The molecule has 0 saturated carbocycles. The zero-order valence-electron chi connectivity index (χ0n) is 15.9. The van der Waals surface area contributed by atoms with Gasteiger partial charge in [-0.25, -0.2) is 0 Å². The van der Waals surface area contributed by atoms with Crippen LogP contribution in [0.3, 0.4) is 0 Å². The second kappa shape index (κ2) is 7.99. The van der Waals surface area contributed by atoms with Gasteiger partial charge in [-0.15, -0.1) is 0 Å². The summed E-state index contributed by atoms with van der Waals surface area (Å²) in [5.41, 5.74) is 2.43. The number of hydrogen-bond donors (Lipinski definition) is 1. The molecule has 0 aliphatic rings. The fraction of sp³-hybridized carbons (Fsp3) is 0.300. The quantitative estimate of drug-likeness (QED) is 0.693. The first-order chi connectivity index (χ1) is 13.1. The van der Waals surface area contributed by atoms with E-state index in [9.17, 15) is 4.79 Å². The summed E-state index contributed by atoms with van der Waals surface area (Å²) in [6.45, 7) is 0.536. The Morgan fingerprint density at radius 1 is 1.07 bits per heavy atom. The van der Waals surface area contributed by atoms with Crippen molar-refractivity contribution in [3.05, 3.63) is 47.9 Å². The van der Waals surface area contributed by atoms with Gasteiger partial charge in [0, 0.05) is 31.4 Å². The lowest BCUT2D eigenvalue weighted by molar-refractivity contribution is 0.0946. The lowest BCUT2D eigenvalue weighted by atomic mass is 10.2. The number of carbonyl (C=O) groups is 1. The standard InChI is InChI=1S/C20H23N3O4/c1-23-15(20(24)22-10-7-13-5-8-21-9-6-13)11-14-12-16(25-2)18(26-3)19(27-4)17(14)23/h5-6,8-9,11-12H,7,10H2,1-4H3,(H,22,24). The lowest BCUT2D eigenvalue weighted by Crippen LogP contribution is -2.27. The Hall–Kier alpha value is -3.22. The van der Waals surface area contributed by atoms with Crippen molar-refractivity contribution in [2.45, 2.75) is 6.42 Å². The largest absolute Gasteiger partial charge is 0.493 e. The molecule has 0 aliphatic heterocycles. The third kappa shape index (κ3) is 3.53. The number of carbonyl (C=O) groups excluding carboxylic acids is 1. The molecule has 3 rings (SSSR count). The van der Waals surface area contributed by atoms with Gasteiger partial charge >= 0.3 is 0 Å². The average Bonchev–Trinajstić information content (AvgIpc) is 3.03. The number of fused-ring (bicyclic) bond motifs is 1. The van der Waals surface area contributed by atoms with Crippen molar-refractivity contribution in [1.82, 2.24) is 14.9 Å². The molecular weight excluding hydrogens is 346 g/mol. The number of methoxy groups -OCH3 is 3. The number of pyridine rings is 1.